The zero-order valence-corrected chi connectivity index (χ0v) is 14.1. The van der Waals surface area contributed by atoms with Crippen LogP contribution >= 0.6 is 0 Å². The van der Waals surface area contributed by atoms with E-state index in [2.05, 4.69) is 5.32 Å². The molecule has 2 nitrogen and oxygen atoms in total. The molecule has 2 aromatic carbocycles. The van der Waals surface area contributed by atoms with E-state index in [1.807, 2.05) is 37.3 Å². The van der Waals surface area contributed by atoms with Gasteiger partial charge in [-0.1, -0.05) is 42.5 Å². The molecule has 134 valence electrons. The number of benzene rings is 2. The Morgan fingerprint density at radius 2 is 1.84 bits per heavy atom. The zero-order valence-electron chi connectivity index (χ0n) is 14.1. The normalized spacial score (nSPS) is 22.6. The molecule has 3 atom stereocenters. The molecule has 1 saturated heterocycles. The van der Waals surface area contributed by atoms with Crippen LogP contribution in [0.25, 0.3) is 0 Å². The van der Waals surface area contributed by atoms with Gasteiger partial charge >= 0.3 is 6.18 Å². The van der Waals surface area contributed by atoms with Gasteiger partial charge in [0.2, 0.25) is 0 Å². The van der Waals surface area contributed by atoms with E-state index in [9.17, 15) is 13.2 Å². The van der Waals surface area contributed by atoms with Gasteiger partial charge in [-0.3, -0.25) is 0 Å². The number of rotatable bonds is 4. The molecule has 0 bridgehead atoms. The minimum absolute atomic E-state index is 0.0585. The van der Waals surface area contributed by atoms with Gasteiger partial charge in [-0.25, -0.2) is 0 Å². The molecule has 0 amide bonds. The van der Waals surface area contributed by atoms with Crippen LogP contribution in [0.15, 0.2) is 54.6 Å². The largest absolute Gasteiger partial charge is 0.416 e. The van der Waals surface area contributed by atoms with Crippen molar-refractivity contribution in [2.24, 2.45) is 0 Å². The van der Waals surface area contributed by atoms with Gasteiger partial charge in [0.25, 0.3) is 0 Å². The first-order valence-electron chi connectivity index (χ1n) is 8.56. The van der Waals surface area contributed by atoms with Gasteiger partial charge in [0.05, 0.1) is 23.8 Å². The lowest BCUT2D eigenvalue weighted by atomic mass is 9.94. The highest BCUT2D eigenvalue weighted by atomic mass is 19.4. The van der Waals surface area contributed by atoms with E-state index >= 15 is 0 Å². The molecule has 0 spiro atoms. The molecular weight excluding hydrogens is 327 g/mol. The van der Waals surface area contributed by atoms with E-state index in [1.165, 1.54) is 12.1 Å². The molecule has 3 rings (SSSR count). The monoisotopic (exact) mass is 349 g/mol. The second-order valence-electron chi connectivity index (χ2n) is 6.42. The number of nitrogens with one attached hydrogen (secondary N) is 1. The molecule has 1 unspecified atom stereocenters. The highest BCUT2D eigenvalue weighted by Crippen LogP contribution is 2.34. The average Bonchev–Trinajstić information content (AvgIpc) is 2.62. The van der Waals surface area contributed by atoms with Gasteiger partial charge in [0.15, 0.2) is 0 Å². The molecule has 1 N–H and O–H groups in total. The van der Waals surface area contributed by atoms with Crippen molar-refractivity contribution in [3.63, 3.8) is 0 Å². The number of hydrogen-bond donors (Lipinski definition) is 1. The second-order valence-corrected chi connectivity index (χ2v) is 6.42. The third-order valence-electron chi connectivity index (χ3n) is 4.62. The third kappa shape index (κ3) is 4.41. The highest BCUT2D eigenvalue weighted by molar-refractivity contribution is 5.27. The van der Waals surface area contributed by atoms with E-state index in [0.717, 1.165) is 31.0 Å². The Bertz CT molecular complexity index is 687. The van der Waals surface area contributed by atoms with Crippen molar-refractivity contribution >= 4 is 0 Å². The van der Waals surface area contributed by atoms with Crippen LogP contribution < -0.4 is 5.32 Å². The highest BCUT2D eigenvalue weighted by Gasteiger charge is 2.32. The first-order chi connectivity index (χ1) is 11.9. The Hall–Kier alpha value is -1.85. The van der Waals surface area contributed by atoms with Crippen molar-refractivity contribution in [2.75, 3.05) is 6.54 Å². The van der Waals surface area contributed by atoms with E-state index in [4.69, 9.17) is 4.74 Å². The van der Waals surface area contributed by atoms with Crippen LogP contribution in [0.1, 0.15) is 48.6 Å². The molecule has 1 aliphatic heterocycles. The van der Waals surface area contributed by atoms with Gasteiger partial charge in [0, 0.05) is 0 Å². The van der Waals surface area contributed by atoms with Crippen LogP contribution in [-0.2, 0) is 10.9 Å². The number of ether oxygens (including phenoxy) is 1. The van der Waals surface area contributed by atoms with E-state index in [1.54, 1.807) is 6.07 Å². The molecule has 0 saturated carbocycles. The van der Waals surface area contributed by atoms with E-state index < -0.39 is 17.8 Å². The van der Waals surface area contributed by atoms with Crippen molar-refractivity contribution in [1.29, 1.82) is 0 Å². The predicted molar refractivity (Wildman–Crippen MR) is 91.2 cm³/mol. The quantitative estimate of drug-likeness (QED) is 0.811. The maximum Gasteiger partial charge on any atom is 0.416 e. The topological polar surface area (TPSA) is 21.3 Å². The summed E-state index contributed by atoms with van der Waals surface area (Å²) in [5.41, 5.74) is 1.05. The van der Waals surface area contributed by atoms with Crippen molar-refractivity contribution in [3.8, 4) is 0 Å². The molecule has 2 aromatic rings. The summed E-state index contributed by atoms with van der Waals surface area (Å²) in [6, 6.07) is 15.5. The summed E-state index contributed by atoms with van der Waals surface area (Å²) in [6.07, 6.45) is -2.94. The molecule has 1 heterocycles. The lowest BCUT2D eigenvalue weighted by Gasteiger charge is -2.35. The summed E-state index contributed by atoms with van der Waals surface area (Å²) in [7, 11) is 0. The maximum atomic E-state index is 12.9. The minimum atomic E-state index is -4.34. The van der Waals surface area contributed by atoms with Crippen LogP contribution in [0.2, 0.25) is 0 Å². The Balaban J connectivity index is 1.76. The third-order valence-corrected chi connectivity index (χ3v) is 4.62. The molecule has 5 heteroatoms. The number of hydrogen-bond acceptors (Lipinski definition) is 2. The first-order valence-corrected chi connectivity index (χ1v) is 8.56. The van der Waals surface area contributed by atoms with Crippen molar-refractivity contribution in [2.45, 2.75) is 44.2 Å². The minimum Gasteiger partial charge on any atom is -0.369 e. The summed E-state index contributed by atoms with van der Waals surface area (Å²) in [5, 5.41) is 3.47. The van der Waals surface area contributed by atoms with Crippen molar-refractivity contribution in [1.82, 2.24) is 5.32 Å². The van der Waals surface area contributed by atoms with Crippen LogP contribution in [0, 0.1) is 0 Å². The smallest absolute Gasteiger partial charge is 0.369 e. The standard InChI is InChI=1S/C20H22F3NO/c1-14(16-9-5-10-17(13-16)20(21,22)23)25-18-11-6-12-24-19(18)15-7-3-2-4-8-15/h2-5,7-10,13-14,18-19,24H,6,11-12H2,1H3/t14?,18-,19-/m1/s1. The Morgan fingerprint density at radius 3 is 2.56 bits per heavy atom. The van der Waals surface area contributed by atoms with E-state index in [0.29, 0.717) is 5.56 Å². The van der Waals surface area contributed by atoms with Gasteiger partial charge in [-0.05, 0) is 49.6 Å². The zero-order chi connectivity index (χ0) is 17.9. The van der Waals surface area contributed by atoms with Gasteiger partial charge in [-0.2, -0.15) is 13.2 Å². The number of alkyl halides is 3. The fourth-order valence-corrected chi connectivity index (χ4v) is 3.31. The second kappa shape index (κ2) is 7.58. The molecule has 0 aliphatic carbocycles. The fourth-order valence-electron chi connectivity index (χ4n) is 3.31. The van der Waals surface area contributed by atoms with Crippen molar-refractivity contribution < 1.29 is 17.9 Å². The summed E-state index contributed by atoms with van der Waals surface area (Å²) < 4.78 is 44.9. The van der Waals surface area contributed by atoms with Gasteiger partial charge in [-0.15, -0.1) is 0 Å². The fraction of sp³-hybridized carbons (Fsp3) is 0.400. The Kier molecular flexibility index (Phi) is 5.45. The predicted octanol–water partition coefficient (Wildman–Crippen LogP) is 5.28. The maximum absolute atomic E-state index is 12.9. The number of halogens is 3. The van der Waals surface area contributed by atoms with Crippen LogP contribution in [-0.4, -0.2) is 12.6 Å². The molecule has 25 heavy (non-hydrogen) atoms. The molecule has 0 radical (unpaired) electrons. The molecule has 1 fully saturated rings. The summed E-state index contributed by atoms with van der Waals surface area (Å²) in [4.78, 5) is 0. The van der Waals surface area contributed by atoms with Crippen LogP contribution in [0.5, 0.6) is 0 Å². The van der Waals surface area contributed by atoms with Crippen LogP contribution in [0.4, 0.5) is 13.2 Å². The SMILES string of the molecule is CC(O[C@@H]1CCCN[C@@H]1c1ccccc1)c1cccc(C(F)(F)F)c1. The first kappa shape index (κ1) is 18.0. The lowest BCUT2D eigenvalue weighted by molar-refractivity contribution is -0.137. The average molecular weight is 349 g/mol. The van der Waals surface area contributed by atoms with Gasteiger partial charge < -0.3 is 10.1 Å². The van der Waals surface area contributed by atoms with Crippen LogP contribution in [0.3, 0.4) is 0 Å². The molecular formula is C20H22F3NO. The number of piperidine rings is 1. The summed E-state index contributed by atoms with van der Waals surface area (Å²) in [5.74, 6) is 0. The Labute approximate surface area is 146 Å². The Morgan fingerprint density at radius 1 is 1.08 bits per heavy atom. The lowest BCUT2D eigenvalue weighted by Crippen LogP contribution is -2.39. The van der Waals surface area contributed by atoms with E-state index in [-0.39, 0.29) is 12.1 Å². The molecule has 0 aromatic heterocycles. The molecule has 1 aliphatic rings. The van der Waals surface area contributed by atoms with Crippen molar-refractivity contribution in [3.05, 3.63) is 71.3 Å². The summed E-state index contributed by atoms with van der Waals surface area (Å²) in [6.45, 7) is 2.73. The summed E-state index contributed by atoms with van der Waals surface area (Å²) >= 11 is 0. The van der Waals surface area contributed by atoms with Gasteiger partial charge in [0.1, 0.15) is 0 Å².